The van der Waals surface area contributed by atoms with E-state index >= 15 is 0 Å². The Hall–Kier alpha value is -3.10. The Morgan fingerprint density at radius 2 is 1.89 bits per heavy atom. The Balaban J connectivity index is 1.72. The zero-order valence-electron chi connectivity index (χ0n) is 14.0. The molecule has 1 aromatic carbocycles. The first-order chi connectivity index (χ1) is 12.8. The third-order valence-electron chi connectivity index (χ3n) is 3.73. The highest BCUT2D eigenvalue weighted by Gasteiger charge is 2.33. The Labute approximate surface area is 151 Å². The highest BCUT2D eigenvalue weighted by Crippen LogP contribution is 2.20. The summed E-state index contributed by atoms with van der Waals surface area (Å²) in [6.45, 7) is -2.05. The van der Waals surface area contributed by atoms with Crippen molar-refractivity contribution in [2.24, 2.45) is 0 Å². The molecule has 0 unspecified atom stereocenters. The van der Waals surface area contributed by atoms with E-state index in [0.29, 0.717) is 16.2 Å². The Morgan fingerprint density at radius 1 is 1.15 bits per heavy atom. The molecule has 0 aliphatic heterocycles. The molecular formula is C18H15F4N3O2. The summed E-state index contributed by atoms with van der Waals surface area (Å²) >= 11 is 0. The van der Waals surface area contributed by atoms with Crippen molar-refractivity contribution in [1.82, 2.24) is 14.7 Å². The van der Waals surface area contributed by atoms with Crippen molar-refractivity contribution < 1.29 is 26.8 Å². The van der Waals surface area contributed by atoms with Gasteiger partial charge in [0.2, 0.25) is 5.91 Å². The number of halogens is 4. The molecule has 9 heteroatoms. The fraction of sp³-hybridized carbons (Fsp3) is 0.222. The van der Waals surface area contributed by atoms with Gasteiger partial charge in [-0.05, 0) is 42.5 Å². The molecule has 3 rings (SSSR count). The van der Waals surface area contributed by atoms with Gasteiger partial charge in [-0.15, -0.1) is 0 Å². The summed E-state index contributed by atoms with van der Waals surface area (Å²) in [4.78, 5) is 13.0. The molecule has 0 saturated heterocycles. The average Bonchev–Trinajstić information content (AvgIpc) is 3.26. The van der Waals surface area contributed by atoms with Crippen LogP contribution in [-0.2, 0) is 17.9 Å². The molecule has 0 fully saturated rings. The van der Waals surface area contributed by atoms with Crippen LogP contribution in [0.1, 0.15) is 5.76 Å². The summed E-state index contributed by atoms with van der Waals surface area (Å²) in [5.74, 6) is -0.897. The van der Waals surface area contributed by atoms with Gasteiger partial charge in [0, 0.05) is 11.8 Å². The van der Waals surface area contributed by atoms with Crippen molar-refractivity contribution in [1.29, 1.82) is 0 Å². The van der Waals surface area contributed by atoms with Gasteiger partial charge < -0.3 is 9.32 Å². The zero-order chi connectivity index (χ0) is 19.4. The average molecular weight is 381 g/mol. The van der Waals surface area contributed by atoms with Crippen LogP contribution in [0.25, 0.3) is 11.3 Å². The number of carbonyl (C=O) groups is 1. The van der Waals surface area contributed by atoms with Gasteiger partial charge in [-0.25, -0.2) is 4.39 Å². The highest BCUT2D eigenvalue weighted by atomic mass is 19.4. The second-order valence-electron chi connectivity index (χ2n) is 5.85. The highest BCUT2D eigenvalue weighted by molar-refractivity contribution is 5.76. The second-order valence-corrected chi connectivity index (χ2v) is 5.85. The number of benzene rings is 1. The molecule has 0 aliphatic rings. The number of rotatable bonds is 6. The van der Waals surface area contributed by atoms with E-state index in [0.717, 1.165) is 0 Å². The molecule has 2 heterocycles. The van der Waals surface area contributed by atoms with Gasteiger partial charge in [0.1, 0.15) is 24.7 Å². The van der Waals surface area contributed by atoms with Crippen LogP contribution in [-0.4, -0.2) is 33.3 Å². The van der Waals surface area contributed by atoms with Crippen molar-refractivity contribution in [2.75, 3.05) is 6.54 Å². The molecule has 1 amide bonds. The molecule has 0 spiro atoms. The SMILES string of the molecule is O=C(Cn1ccc(-c2ccc(F)cc2)n1)N(Cc1ccco1)CC(F)(F)F. The fourth-order valence-electron chi connectivity index (χ4n) is 2.50. The third kappa shape index (κ3) is 5.19. The lowest BCUT2D eigenvalue weighted by atomic mass is 10.1. The molecule has 0 atom stereocenters. The summed E-state index contributed by atoms with van der Waals surface area (Å²) in [6, 6.07) is 10.2. The quantitative estimate of drug-likeness (QED) is 0.609. The lowest BCUT2D eigenvalue weighted by Crippen LogP contribution is -2.40. The van der Waals surface area contributed by atoms with Crippen molar-refractivity contribution in [3.63, 3.8) is 0 Å². The standard InChI is InChI=1S/C18H15F4N3O2/c19-14-5-3-13(4-6-14)16-7-8-25(23-16)11-17(26)24(12-18(20,21)22)10-15-2-1-9-27-15/h1-9H,10-12H2. The number of hydrogen-bond acceptors (Lipinski definition) is 3. The van der Waals surface area contributed by atoms with Crippen LogP contribution in [0.5, 0.6) is 0 Å². The minimum atomic E-state index is -4.54. The molecule has 0 bridgehead atoms. The topological polar surface area (TPSA) is 51.3 Å². The van der Waals surface area contributed by atoms with Gasteiger partial charge in [-0.1, -0.05) is 0 Å². The van der Waals surface area contributed by atoms with Crippen LogP contribution in [0.4, 0.5) is 17.6 Å². The van der Waals surface area contributed by atoms with E-state index in [-0.39, 0.29) is 18.8 Å². The molecule has 0 radical (unpaired) electrons. The first kappa shape index (κ1) is 18.7. The normalized spacial score (nSPS) is 11.6. The van der Waals surface area contributed by atoms with Crippen molar-refractivity contribution in [3.8, 4) is 11.3 Å². The molecular weight excluding hydrogens is 366 g/mol. The zero-order valence-corrected chi connectivity index (χ0v) is 14.0. The number of furan rings is 1. The number of alkyl halides is 3. The van der Waals surface area contributed by atoms with E-state index in [1.54, 1.807) is 6.07 Å². The number of hydrogen-bond donors (Lipinski definition) is 0. The number of amides is 1. The number of nitrogens with zero attached hydrogens (tertiary/aromatic N) is 3. The van der Waals surface area contributed by atoms with E-state index < -0.39 is 24.4 Å². The predicted octanol–water partition coefficient (Wildman–Crippen LogP) is 3.87. The molecule has 0 saturated carbocycles. The third-order valence-corrected chi connectivity index (χ3v) is 3.73. The van der Waals surface area contributed by atoms with Crippen LogP contribution in [0, 0.1) is 5.82 Å². The molecule has 5 nitrogen and oxygen atoms in total. The number of carbonyl (C=O) groups excluding carboxylic acids is 1. The molecule has 2 aromatic heterocycles. The maximum atomic E-state index is 13.0. The van der Waals surface area contributed by atoms with E-state index in [1.165, 1.54) is 53.5 Å². The molecule has 0 N–H and O–H groups in total. The van der Waals surface area contributed by atoms with Crippen molar-refractivity contribution in [2.45, 2.75) is 19.3 Å². The van der Waals surface area contributed by atoms with Crippen LogP contribution >= 0.6 is 0 Å². The predicted molar refractivity (Wildman–Crippen MR) is 87.8 cm³/mol. The van der Waals surface area contributed by atoms with E-state index in [4.69, 9.17) is 4.42 Å². The van der Waals surface area contributed by atoms with E-state index in [1.807, 2.05) is 0 Å². The molecule has 3 aromatic rings. The first-order valence-electron chi connectivity index (χ1n) is 7.96. The largest absolute Gasteiger partial charge is 0.467 e. The van der Waals surface area contributed by atoms with Crippen LogP contribution in [0.15, 0.2) is 59.3 Å². The molecule has 27 heavy (non-hydrogen) atoms. The van der Waals surface area contributed by atoms with Gasteiger partial charge in [-0.3, -0.25) is 9.48 Å². The van der Waals surface area contributed by atoms with Gasteiger partial charge >= 0.3 is 6.18 Å². The van der Waals surface area contributed by atoms with Gasteiger partial charge in [0.05, 0.1) is 18.5 Å². The molecule has 142 valence electrons. The summed E-state index contributed by atoms with van der Waals surface area (Å²) in [7, 11) is 0. The van der Waals surface area contributed by atoms with E-state index in [2.05, 4.69) is 5.10 Å². The monoisotopic (exact) mass is 381 g/mol. The second kappa shape index (κ2) is 7.65. The lowest BCUT2D eigenvalue weighted by molar-refractivity contribution is -0.163. The van der Waals surface area contributed by atoms with Gasteiger partial charge in [0.15, 0.2) is 0 Å². The first-order valence-corrected chi connectivity index (χ1v) is 7.96. The van der Waals surface area contributed by atoms with E-state index in [9.17, 15) is 22.4 Å². The summed E-state index contributed by atoms with van der Waals surface area (Å²) in [6.07, 6.45) is -1.73. The maximum Gasteiger partial charge on any atom is 0.406 e. The van der Waals surface area contributed by atoms with Crippen molar-refractivity contribution in [3.05, 3.63) is 66.5 Å². The van der Waals surface area contributed by atoms with Gasteiger partial charge in [-0.2, -0.15) is 18.3 Å². The van der Waals surface area contributed by atoms with Crippen LogP contribution in [0.2, 0.25) is 0 Å². The summed E-state index contributed by atoms with van der Waals surface area (Å²) in [5.41, 5.74) is 1.11. The Bertz CT molecular complexity index is 886. The summed E-state index contributed by atoms with van der Waals surface area (Å²) in [5, 5.41) is 4.17. The Morgan fingerprint density at radius 3 is 2.52 bits per heavy atom. The lowest BCUT2D eigenvalue weighted by Gasteiger charge is -2.23. The number of aromatic nitrogens is 2. The minimum Gasteiger partial charge on any atom is -0.467 e. The summed E-state index contributed by atoms with van der Waals surface area (Å²) < 4.78 is 57.7. The molecule has 0 aliphatic carbocycles. The fourth-order valence-corrected chi connectivity index (χ4v) is 2.50. The minimum absolute atomic E-state index is 0.250. The maximum absolute atomic E-state index is 13.0. The van der Waals surface area contributed by atoms with Gasteiger partial charge in [0.25, 0.3) is 0 Å². The van der Waals surface area contributed by atoms with Crippen LogP contribution < -0.4 is 0 Å². The van der Waals surface area contributed by atoms with Crippen LogP contribution in [0.3, 0.4) is 0 Å². The Kier molecular flexibility index (Phi) is 5.29. The smallest absolute Gasteiger partial charge is 0.406 e. The van der Waals surface area contributed by atoms with Crippen molar-refractivity contribution >= 4 is 5.91 Å².